The van der Waals surface area contributed by atoms with Gasteiger partial charge in [0, 0.05) is 18.3 Å². The first kappa shape index (κ1) is 12.9. The van der Waals surface area contributed by atoms with E-state index < -0.39 is 6.10 Å². The maximum Gasteiger partial charge on any atom is 0.0860 e. The number of β-amino-alcohol motifs (C(OH)–C–C–N with tert-alkyl or cyclic N) is 1. The fraction of sp³-hybridized carbons (Fsp3) is 0.700. The van der Waals surface area contributed by atoms with Crippen LogP contribution in [0, 0.1) is 3.57 Å². The molecule has 4 nitrogen and oxygen atoms in total. The van der Waals surface area contributed by atoms with E-state index in [9.17, 15) is 5.11 Å². The zero-order valence-electron chi connectivity index (χ0n) is 9.37. The number of aliphatic hydroxyl groups is 1. The SMILES string of the molecule is CC(C)(C)NCC(O)Cn1cc(I)cn1. The molecule has 1 aromatic rings. The van der Waals surface area contributed by atoms with Crippen LogP contribution in [0.15, 0.2) is 12.4 Å². The average molecular weight is 323 g/mol. The third-order valence-electron chi connectivity index (χ3n) is 1.87. The Labute approximate surface area is 104 Å². The van der Waals surface area contributed by atoms with Gasteiger partial charge in [-0.3, -0.25) is 4.68 Å². The lowest BCUT2D eigenvalue weighted by Gasteiger charge is -2.22. The maximum absolute atomic E-state index is 9.75. The highest BCUT2D eigenvalue weighted by Crippen LogP contribution is 2.03. The van der Waals surface area contributed by atoms with Crippen LogP contribution in [-0.2, 0) is 6.54 Å². The van der Waals surface area contributed by atoms with Gasteiger partial charge in [0.25, 0.3) is 0 Å². The van der Waals surface area contributed by atoms with E-state index in [0.29, 0.717) is 13.1 Å². The minimum atomic E-state index is -0.403. The first-order valence-corrected chi connectivity index (χ1v) is 6.06. The van der Waals surface area contributed by atoms with Gasteiger partial charge in [-0.25, -0.2) is 0 Å². The molecule has 0 aliphatic heterocycles. The van der Waals surface area contributed by atoms with Gasteiger partial charge in [-0.1, -0.05) is 0 Å². The van der Waals surface area contributed by atoms with Crippen LogP contribution in [0.1, 0.15) is 20.8 Å². The van der Waals surface area contributed by atoms with E-state index in [2.05, 4.69) is 53.8 Å². The molecule has 0 aliphatic rings. The normalized spacial score (nSPS) is 14.2. The molecule has 0 aliphatic carbocycles. The number of nitrogens with zero attached hydrogens (tertiary/aromatic N) is 2. The zero-order chi connectivity index (χ0) is 11.5. The van der Waals surface area contributed by atoms with Gasteiger partial charge in [-0.2, -0.15) is 5.10 Å². The summed E-state index contributed by atoms with van der Waals surface area (Å²) in [6, 6.07) is 0. The Morgan fingerprint density at radius 1 is 1.60 bits per heavy atom. The van der Waals surface area contributed by atoms with Crippen molar-refractivity contribution in [3.05, 3.63) is 16.0 Å². The predicted molar refractivity (Wildman–Crippen MR) is 68.7 cm³/mol. The Morgan fingerprint density at radius 3 is 2.73 bits per heavy atom. The summed E-state index contributed by atoms with van der Waals surface area (Å²) in [5.74, 6) is 0. The van der Waals surface area contributed by atoms with E-state index in [1.165, 1.54) is 0 Å². The molecule has 0 amide bonds. The minimum absolute atomic E-state index is 0.0412. The summed E-state index contributed by atoms with van der Waals surface area (Å²) in [5, 5.41) is 17.1. The minimum Gasteiger partial charge on any atom is -0.390 e. The van der Waals surface area contributed by atoms with Crippen LogP contribution in [0.4, 0.5) is 0 Å². The monoisotopic (exact) mass is 323 g/mol. The van der Waals surface area contributed by atoms with Gasteiger partial charge in [0.15, 0.2) is 0 Å². The van der Waals surface area contributed by atoms with E-state index >= 15 is 0 Å². The standard InChI is InChI=1S/C10H18IN3O/c1-10(2,3)12-5-9(15)7-14-6-8(11)4-13-14/h4,6,9,12,15H,5,7H2,1-3H3. The second-order valence-corrected chi connectivity index (χ2v) is 5.91. The molecule has 1 aromatic heterocycles. The predicted octanol–water partition coefficient (Wildman–Crippen LogP) is 1.24. The molecule has 1 unspecified atom stereocenters. The van der Waals surface area contributed by atoms with Crippen LogP contribution < -0.4 is 5.32 Å². The lowest BCUT2D eigenvalue weighted by Crippen LogP contribution is -2.42. The van der Waals surface area contributed by atoms with Crippen LogP contribution >= 0.6 is 22.6 Å². The maximum atomic E-state index is 9.75. The van der Waals surface area contributed by atoms with Crippen LogP contribution in [-0.4, -0.2) is 33.1 Å². The Balaban J connectivity index is 2.33. The van der Waals surface area contributed by atoms with E-state index in [1.807, 2.05) is 6.20 Å². The summed E-state index contributed by atoms with van der Waals surface area (Å²) < 4.78 is 2.85. The first-order chi connectivity index (χ1) is 6.87. The van der Waals surface area contributed by atoms with Gasteiger partial charge in [0.2, 0.25) is 0 Å². The van der Waals surface area contributed by atoms with E-state index in [0.717, 1.165) is 3.57 Å². The molecule has 0 bridgehead atoms. The number of nitrogens with one attached hydrogen (secondary N) is 1. The smallest absolute Gasteiger partial charge is 0.0860 e. The fourth-order valence-corrected chi connectivity index (χ4v) is 1.59. The van der Waals surface area contributed by atoms with Crippen molar-refractivity contribution < 1.29 is 5.11 Å². The summed E-state index contributed by atoms with van der Waals surface area (Å²) in [7, 11) is 0. The van der Waals surface area contributed by atoms with Crippen LogP contribution in [0.5, 0.6) is 0 Å². The van der Waals surface area contributed by atoms with Crippen LogP contribution in [0.25, 0.3) is 0 Å². The van der Waals surface area contributed by atoms with Gasteiger partial charge < -0.3 is 10.4 Å². The largest absolute Gasteiger partial charge is 0.390 e. The summed E-state index contributed by atoms with van der Waals surface area (Å²) in [6.07, 6.45) is 3.30. The summed E-state index contributed by atoms with van der Waals surface area (Å²) in [6.45, 7) is 7.36. The third kappa shape index (κ3) is 5.48. The number of halogens is 1. The lowest BCUT2D eigenvalue weighted by atomic mass is 10.1. The number of hydrogen-bond acceptors (Lipinski definition) is 3. The Hall–Kier alpha value is -0.140. The molecule has 0 fully saturated rings. The van der Waals surface area contributed by atoms with Crippen molar-refractivity contribution in [2.24, 2.45) is 0 Å². The molecule has 0 spiro atoms. The quantitative estimate of drug-likeness (QED) is 0.820. The number of aliphatic hydroxyl groups excluding tert-OH is 1. The summed E-state index contributed by atoms with van der Waals surface area (Å²) in [4.78, 5) is 0. The van der Waals surface area contributed by atoms with E-state index in [1.54, 1.807) is 10.9 Å². The molecule has 15 heavy (non-hydrogen) atoms. The molecule has 1 heterocycles. The summed E-state index contributed by atoms with van der Waals surface area (Å²) >= 11 is 2.20. The molecule has 0 saturated heterocycles. The molecule has 5 heteroatoms. The van der Waals surface area contributed by atoms with Gasteiger partial charge in [0.05, 0.1) is 22.4 Å². The van der Waals surface area contributed by atoms with E-state index in [4.69, 9.17) is 0 Å². The topological polar surface area (TPSA) is 50.1 Å². The Kier molecular flexibility index (Phi) is 4.54. The van der Waals surface area contributed by atoms with Crippen molar-refractivity contribution in [2.45, 2.75) is 39.0 Å². The molecule has 0 saturated carbocycles. The average Bonchev–Trinajstić information content (AvgIpc) is 2.47. The summed E-state index contributed by atoms with van der Waals surface area (Å²) in [5.41, 5.74) is 0.0412. The van der Waals surface area contributed by atoms with Crippen molar-refractivity contribution in [3.8, 4) is 0 Å². The number of aromatic nitrogens is 2. The van der Waals surface area contributed by atoms with Crippen molar-refractivity contribution >= 4 is 22.6 Å². The number of rotatable bonds is 4. The van der Waals surface area contributed by atoms with Gasteiger partial charge in [-0.05, 0) is 43.4 Å². The van der Waals surface area contributed by atoms with Gasteiger partial charge >= 0.3 is 0 Å². The van der Waals surface area contributed by atoms with Crippen molar-refractivity contribution in [1.29, 1.82) is 0 Å². The van der Waals surface area contributed by atoms with Gasteiger partial charge in [-0.15, -0.1) is 0 Å². The first-order valence-electron chi connectivity index (χ1n) is 4.98. The zero-order valence-corrected chi connectivity index (χ0v) is 11.5. The Morgan fingerprint density at radius 2 is 2.27 bits per heavy atom. The van der Waals surface area contributed by atoms with Crippen LogP contribution in [0.3, 0.4) is 0 Å². The third-order valence-corrected chi connectivity index (χ3v) is 2.42. The molecule has 86 valence electrons. The van der Waals surface area contributed by atoms with Crippen molar-refractivity contribution in [3.63, 3.8) is 0 Å². The van der Waals surface area contributed by atoms with Crippen LogP contribution in [0.2, 0.25) is 0 Å². The van der Waals surface area contributed by atoms with Gasteiger partial charge in [0.1, 0.15) is 0 Å². The second-order valence-electron chi connectivity index (χ2n) is 4.67. The number of hydrogen-bond donors (Lipinski definition) is 2. The molecule has 0 radical (unpaired) electrons. The lowest BCUT2D eigenvalue weighted by molar-refractivity contribution is 0.137. The molecule has 2 N–H and O–H groups in total. The highest BCUT2D eigenvalue weighted by atomic mass is 127. The molecule has 0 aromatic carbocycles. The highest BCUT2D eigenvalue weighted by molar-refractivity contribution is 14.1. The van der Waals surface area contributed by atoms with Crippen molar-refractivity contribution in [1.82, 2.24) is 15.1 Å². The second kappa shape index (κ2) is 5.27. The fourth-order valence-electron chi connectivity index (χ4n) is 1.14. The highest BCUT2D eigenvalue weighted by Gasteiger charge is 2.12. The van der Waals surface area contributed by atoms with E-state index in [-0.39, 0.29) is 5.54 Å². The molecule has 1 rings (SSSR count). The Bertz CT molecular complexity index is 306. The molecule has 1 atom stereocenters. The van der Waals surface area contributed by atoms with Crippen molar-refractivity contribution in [2.75, 3.05) is 6.54 Å². The molecular formula is C10H18IN3O. The molecular weight excluding hydrogens is 305 g/mol.